The number of aromatic nitrogens is 2. The lowest BCUT2D eigenvalue weighted by Crippen LogP contribution is -2.18. The monoisotopic (exact) mass is 339 g/mol. The van der Waals surface area contributed by atoms with Gasteiger partial charge in [0.1, 0.15) is 0 Å². The predicted octanol–water partition coefficient (Wildman–Crippen LogP) is 2.40. The molecule has 2 rings (SSSR count). The van der Waals surface area contributed by atoms with Crippen molar-refractivity contribution in [1.29, 1.82) is 0 Å². The highest BCUT2D eigenvalue weighted by Crippen LogP contribution is 2.22. The summed E-state index contributed by atoms with van der Waals surface area (Å²) in [5, 5.41) is 2.25. The van der Waals surface area contributed by atoms with Crippen LogP contribution in [0.25, 0.3) is 0 Å². The van der Waals surface area contributed by atoms with Gasteiger partial charge in [-0.1, -0.05) is 29.8 Å². The van der Waals surface area contributed by atoms with Gasteiger partial charge in [0.15, 0.2) is 5.69 Å². The number of hydrogen-bond acceptors (Lipinski definition) is 5. The summed E-state index contributed by atoms with van der Waals surface area (Å²) >= 11 is 5.91. The van der Waals surface area contributed by atoms with E-state index < -0.39 is 20.9 Å². The number of halogens is 1. The molecule has 22 heavy (non-hydrogen) atoms. The molecule has 1 N–H and O–H groups in total. The van der Waals surface area contributed by atoms with Crippen LogP contribution < -0.4 is 5.32 Å². The van der Waals surface area contributed by atoms with E-state index in [1.807, 2.05) is 32.0 Å². The van der Waals surface area contributed by atoms with Gasteiger partial charge in [-0.2, -0.15) is 0 Å². The summed E-state index contributed by atoms with van der Waals surface area (Å²) in [6, 6.07) is 5.58. The van der Waals surface area contributed by atoms with Crippen molar-refractivity contribution in [3.05, 3.63) is 46.2 Å². The number of carbonyl (C=O) groups excluding carboxylic acids is 1. The van der Waals surface area contributed by atoms with Crippen molar-refractivity contribution in [3.63, 3.8) is 0 Å². The Morgan fingerprint density at radius 2 is 1.82 bits per heavy atom. The first-order valence-electron chi connectivity index (χ1n) is 6.30. The molecule has 1 aromatic carbocycles. The zero-order chi connectivity index (χ0) is 16.5. The molecule has 1 heterocycles. The van der Waals surface area contributed by atoms with Crippen LogP contribution in [0.2, 0.25) is 5.02 Å². The predicted molar refractivity (Wildman–Crippen MR) is 84.0 cm³/mol. The quantitative estimate of drug-likeness (QED) is 0.867. The zero-order valence-electron chi connectivity index (χ0n) is 12.2. The van der Waals surface area contributed by atoms with Crippen LogP contribution in [0.15, 0.2) is 29.6 Å². The molecule has 8 heteroatoms. The standard InChI is InChI=1S/C14H14ClN3O3S/c1-8-5-4-6-9(2)11(8)17-13(19)12-10(15)7-16-14(18-12)22(3,20)21/h4-7H,1-3H3,(H,17,19). The van der Waals surface area contributed by atoms with E-state index in [2.05, 4.69) is 15.3 Å². The number of nitrogens with one attached hydrogen (secondary N) is 1. The summed E-state index contributed by atoms with van der Waals surface area (Å²) in [5.41, 5.74) is 2.21. The molecule has 6 nitrogen and oxygen atoms in total. The highest BCUT2D eigenvalue weighted by molar-refractivity contribution is 7.90. The molecule has 1 aromatic heterocycles. The van der Waals surface area contributed by atoms with Crippen LogP contribution in [0.1, 0.15) is 21.6 Å². The van der Waals surface area contributed by atoms with Gasteiger partial charge in [-0.05, 0) is 25.0 Å². The van der Waals surface area contributed by atoms with Gasteiger partial charge in [0.2, 0.25) is 15.0 Å². The van der Waals surface area contributed by atoms with Crippen molar-refractivity contribution in [2.45, 2.75) is 19.0 Å². The fourth-order valence-electron chi connectivity index (χ4n) is 1.87. The molecule has 0 unspecified atom stereocenters. The summed E-state index contributed by atoms with van der Waals surface area (Å²) in [4.78, 5) is 19.7. The summed E-state index contributed by atoms with van der Waals surface area (Å²) < 4.78 is 23.0. The third-order valence-electron chi connectivity index (χ3n) is 2.99. The molecule has 0 saturated heterocycles. The van der Waals surface area contributed by atoms with Crippen molar-refractivity contribution in [2.24, 2.45) is 0 Å². The minimum absolute atomic E-state index is 0.0175. The summed E-state index contributed by atoms with van der Waals surface area (Å²) in [7, 11) is -3.63. The molecule has 0 saturated carbocycles. The smallest absolute Gasteiger partial charge is 0.276 e. The molecule has 0 aliphatic carbocycles. The number of aryl methyl sites for hydroxylation is 2. The van der Waals surface area contributed by atoms with Crippen molar-refractivity contribution in [3.8, 4) is 0 Å². The Hall–Kier alpha value is -1.99. The van der Waals surface area contributed by atoms with Crippen molar-refractivity contribution in [2.75, 3.05) is 11.6 Å². The van der Waals surface area contributed by atoms with E-state index in [0.29, 0.717) is 5.69 Å². The van der Waals surface area contributed by atoms with E-state index in [1.54, 1.807) is 0 Å². The average molecular weight is 340 g/mol. The zero-order valence-corrected chi connectivity index (χ0v) is 13.8. The normalized spacial score (nSPS) is 11.3. The van der Waals surface area contributed by atoms with Crippen LogP contribution in [0.3, 0.4) is 0 Å². The topological polar surface area (TPSA) is 89.0 Å². The minimum Gasteiger partial charge on any atom is -0.320 e. The maximum absolute atomic E-state index is 12.3. The van der Waals surface area contributed by atoms with Crippen LogP contribution in [0, 0.1) is 13.8 Å². The molecule has 0 atom stereocenters. The number of rotatable bonds is 3. The van der Waals surface area contributed by atoms with Crippen LogP contribution in [-0.2, 0) is 9.84 Å². The number of carbonyl (C=O) groups is 1. The number of hydrogen-bond donors (Lipinski definition) is 1. The number of para-hydroxylation sites is 1. The lowest BCUT2D eigenvalue weighted by atomic mass is 10.1. The largest absolute Gasteiger partial charge is 0.320 e. The SMILES string of the molecule is Cc1cccc(C)c1NC(=O)c1nc(S(C)(=O)=O)ncc1Cl. The lowest BCUT2D eigenvalue weighted by molar-refractivity contribution is 0.102. The second-order valence-corrected chi connectivity index (χ2v) is 7.16. The molecule has 0 bridgehead atoms. The van der Waals surface area contributed by atoms with Gasteiger partial charge in [0.05, 0.1) is 11.2 Å². The van der Waals surface area contributed by atoms with Crippen molar-refractivity contribution < 1.29 is 13.2 Å². The van der Waals surface area contributed by atoms with Crippen LogP contribution >= 0.6 is 11.6 Å². The highest BCUT2D eigenvalue weighted by Gasteiger charge is 2.19. The second-order valence-electron chi connectivity index (χ2n) is 4.84. The first-order valence-corrected chi connectivity index (χ1v) is 8.57. The van der Waals surface area contributed by atoms with Crippen molar-refractivity contribution in [1.82, 2.24) is 9.97 Å². The Balaban J connectivity index is 2.42. The maximum atomic E-state index is 12.3. The third-order valence-corrected chi connectivity index (χ3v) is 4.12. The molecule has 2 aromatic rings. The fourth-order valence-corrected chi connectivity index (χ4v) is 2.55. The van der Waals surface area contributed by atoms with E-state index in [-0.39, 0.29) is 10.7 Å². The molecule has 116 valence electrons. The summed E-state index contributed by atoms with van der Waals surface area (Å²) in [6.45, 7) is 3.71. The Labute approximate surface area is 133 Å². The lowest BCUT2D eigenvalue weighted by Gasteiger charge is -2.11. The summed E-state index contributed by atoms with van der Waals surface area (Å²) in [6.07, 6.45) is 2.06. The number of nitrogens with zero attached hydrogens (tertiary/aromatic N) is 2. The van der Waals surface area contributed by atoms with E-state index in [1.165, 1.54) is 0 Å². The molecule has 0 radical (unpaired) electrons. The molecule has 1 amide bonds. The van der Waals surface area contributed by atoms with Gasteiger partial charge in [0.25, 0.3) is 5.91 Å². The van der Waals surface area contributed by atoms with E-state index in [0.717, 1.165) is 23.6 Å². The van der Waals surface area contributed by atoms with Crippen LogP contribution in [-0.4, -0.2) is 30.5 Å². The van der Waals surface area contributed by atoms with Crippen molar-refractivity contribution >= 4 is 33.0 Å². The van der Waals surface area contributed by atoms with E-state index >= 15 is 0 Å². The van der Waals surface area contributed by atoms with Crippen LogP contribution in [0.5, 0.6) is 0 Å². The molecule has 0 spiro atoms. The first-order chi connectivity index (χ1) is 10.2. The first kappa shape index (κ1) is 16.4. The number of anilines is 1. The fraction of sp³-hybridized carbons (Fsp3) is 0.214. The average Bonchev–Trinajstić information content (AvgIpc) is 2.42. The van der Waals surface area contributed by atoms with Gasteiger partial charge >= 0.3 is 0 Å². The number of amides is 1. The number of sulfone groups is 1. The second kappa shape index (κ2) is 6.02. The van der Waals surface area contributed by atoms with Gasteiger partial charge in [-0.3, -0.25) is 4.79 Å². The van der Waals surface area contributed by atoms with Gasteiger partial charge in [0, 0.05) is 11.9 Å². The Morgan fingerprint density at radius 3 is 2.36 bits per heavy atom. The number of benzene rings is 1. The summed E-state index contributed by atoms with van der Waals surface area (Å²) in [5.74, 6) is -0.588. The molecule has 0 fully saturated rings. The minimum atomic E-state index is -3.63. The van der Waals surface area contributed by atoms with E-state index in [4.69, 9.17) is 11.6 Å². The van der Waals surface area contributed by atoms with E-state index in [9.17, 15) is 13.2 Å². The molecule has 0 aliphatic rings. The molecular formula is C14H14ClN3O3S. The Bertz CT molecular complexity index is 830. The highest BCUT2D eigenvalue weighted by atomic mass is 35.5. The van der Waals surface area contributed by atoms with Gasteiger partial charge < -0.3 is 5.32 Å². The van der Waals surface area contributed by atoms with Crippen LogP contribution in [0.4, 0.5) is 5.69 Å². The maximum Gasteiger partial charge on any atom is 0.276 e. The Kier molecular flexibility index (Phi) is 4.48. The molecule has 0 aliphatic heterocycles. The molecular weight excluding hydrogens is 326 g/mol. The Morgan fingerprint density at radius 1 is 1.23 bits per heavy atom. The van der Waals surface area contributed by atoms with Gasteiger partial charge in [-0.15, -0.1) is 0 Å². The third kappa shape index (κ3) is 3.42. The van der Waals surface area contributed by atoms with Gasteiger partial charge in [-0.25, -0.2) is 18.4 Å².